The zero-order valence-corrected chi connectivity index (χ0v) is 11.1. The van der Waals surface area contributed by atoms with E-state index in [1.165, 1.54) is 27.8 Å². The van der Waals surface area contributed by atoms with Gasteiger partial charge < -0.3 is 0 Å². The largest absolute Gasteiger partial charge is 0.180 e. The van der Waals surface area contributed by atoms with Gasteiger partial charge in [0.25, 0.3) is 0 Å². The van der Waals surface area contributed by atoms with Crippen LogP contribution in [-0.2, 0) is 32.6 Å². The molecule has 0 atom stereocenters. The molecule has 0 fully saturated rings. The summed E-state index contributed by atoms with van der Waals surface area (Å²) in [6, 6.07) is 16.1. The number of benzene rings is 2. The third-order valence-electron chi connectivity index (χ3n) is 3.00. The number of hydrogen-bond acceptors (Lipinski definition) is 0. The van der Waals surface area contributed by atoms with Gasteiger partial charge in [0.2, 0.25) is 0 Å². The molecule has 1 heteroatoms. The summed E-state index contributed by atoms with van der Waals surface area (Å²) in [6.07, 6.45) is 1.08. The molecule has 72 valence electrons. The van der Waals surface area contributed by atoms with Crippen LogP contribution in [0.5, 0.6) is 0 Å². The zero-order valence-electron chi connectivity index (χ0n) is 8.67. The van der Waals surface area contributed by atoms with Crippen LogP contribution in [0.3, 0.4) is 0 Å². The first-order valence-electron chi connectivity index (χ1n) is 4.95. The maximum absolute atomic E-state index is 3.27. The fourth-order valence-corrected chi connectivity index (χ4v) is 2.25. The molecule has 0 saturated heterocycles. The SMILES string of the molecule is Cc1[c-]ccc2c1Cc1ccccc1-2.[Zr]. The van der Waals surface area contributed by atoms with Gasteiger partial charge in [0, 0.05) is 26.2 Å². The summed E-state index contributed by atoms with van der Waals surface area (Å²) in [4.78, 5) is 0. The fourth-order valence-electron chi connectivity index (χ4n) is 2.25. The molecule has 0 spiro atoms. The van der Waals surface area contributed by atoms with E-state index in [4.69, 9.17) is 0 Å². The minimum absolute atomic E-state index is 0. The molecule has 0 aromatic heterocycles. The minimum Gasteiger partial charge on any atom is -0.180 e. The predicted molar refractivity (Wildman–Crippen MR) is 58.3 cm³/mol. The molecule has 2 aromatic rings. The Kier molecular flexibility index (Phi) is 2.93. The maximum Gasteiger partial charge on any atom is 0 e. The van der Waals surface area contributed by atoms with Crippen molar-refractivity contribution in [2.24, 2.45) is 0 Å². The summed E-state index contributed by atoms with van der Waals surface area (Å²) in [5.41, 5.74) is 6.99. The van der Waals surface area contributed by atoms with Gasteiger partial charge in [-0.15, -0.1) is 11.1 Å². The second-order valence-electron chi connectivity index (χ2n) is 3.83. The molecule has 0 unspecified atom stereocenters. The summed E-state index contributed by atoms with van der Waals surface area (Å²) in [6.45, 7) is 2.14. The standard InChI is InChI=1S/C14H11.Zr/c1-10-5-4-8-13-12-7-3-2-6-11(12)9-14(10)13;/h2-4,6-8H,9H2,1H3;/q-1;. The van der Waals surface area contributed by atoms with E-state index in [1.807, 2.05) is 6.07 Å². The van der Waals surface area contributed by atoms with Crippen molar-refractivity contribution in [3.8, 4) is 11.1 Å². The van der Waals surface area contributed by atoms with Gasteiger partial charge in [-0.1, -0.05) is 31.2 Å². The Hall–Kier alpha value is -0.677. The van der Waals surface area contributed by atoms with E-state index in [9.17, 15) is 0 Å². The van der Waals surface area contributed by atoms with Gasteiger partial charge in [0.1, 0.15) is 0 Å². The first-order valence-corrected chi connectivity index (χ1v) is 4.95. The normalized spacial score (nSPS) is 11.5. The average Bonchev–Trinajstić information content (AvgIpc) is 2.59. The van der Waals surface area contributed by atoms with Crippen molar-refractivity contribution in [2.45, 2.75) is 13.3 Å². The topological polar surface area (TPSA) is 0 Å². The van der Waals surface area contributed by atoms with Crippen LogP contribution in [0, 0.1) is 13.0 Å². The summed E-state index contributed by atoms with van der Waals surface area (Å²) in [7, 11) is 0. The predicted octanol–water partition coefficient (Wildman–Crippen LogP) is 3.36. The van der Waals surface area contributed by atoms with Crippen LogP contribution in [0.1, 0.15) is 16.7 Å². The van der Waals surface area contributed by atoms with Crippen molar-refractivity contribution in [1.29, 1.82) is 0 Å². The van der Waals surface area contributed by atoms with Crippen molar-refractivity contribution in [3.05, 3.63) is 59.2 Å². The average molecular weight is 270 g/mol. The summed E-state index contributed by atoms with van der Waals surface area (Å²) < 4.78 is 0. The smallest absolute Gasteiger partial charge is 0 e. The molecular formula is C14H11Zr-. The Morgan fingerprint density at radius 3 is 2.73 bits per heavy atom. The van der Waals surface area contributed by atoms with E-state index >= 15 is 0 Å². The molecule has 0 radical (unpaired) electrons. The molecule has 0 N–H and O–H groups in total. The summed E-state index contributed by atoms with van der Waals surface area (Å²) >= 11 is 0. The third-order valence-corrected chi connectivity index (χ3v) is 3.00. The second kappa shape index (κ2) is 4.06. The van der Waals surface area contributed by atoms with Crippen LogP contribution in [0.4, 0.5) is 0 Å². The van der Waals surface area contributed by atoms with Gasteiger partial charge in [-0.25, -0.2) is 0 Å². The van der Waals surface area contributed by atoms with E-state index in [0.717, 1.165) is 6.42 Å². The zero-order chi connectivity index (χ0) is 9.54. The van der Waals surface area contributed by atoms with E-state index < -0.39 is 0 Å². The Morgan fingerprint density at radius 1 is 1.07 bits per heavy atom. The van der Waals surface area contributed by atoms with Crippen molar-refractivity contribution in [1.82, 2.24) is 0 Å². The molecule has 0 amide bonds. The Bertz CT molecular complexity index is 500. The minimum atomic E-state index is 0. The van der Waals surface area contributed by atoms with Crippen LogP contribution < -0.4 is 0 Å². The second-order valence-corrected chi connectivity index (χ2v) is 3.83. The molecule has 0 aliphatic heterocycles. The van der Waals surface area contributed by atoms with Crippen molar-refractivity contribution < 1.29 is 26.2 Å². The van der Waals surface area contributed by atoms with Crippen molar-refractivity contribution in [3.63, 3.8) is 0 Å². The van der Waals surface area contributed by atoms with Gasteiger partial charge in [-0.2, -0.15) is 23.8 Å². The van der Waals surface area contributed by atoms with E-state index in [-0.39, 0.29) is 26.2 Å². The molecule has 1 aliphatic rings. The molecule has 0 nitrogen and oxygen atoms in total. The van der Waals surface area contributed by atoms with Crippen LogP contribution in [0.25, 0.3) is 11.1 Å². The van der Waals surface area contributed by atoms with Gasteiger partial charge in [-0.05, 0) is 17.5 Å². The van der Waals surface area contributed by atoms with Crippen LogP contribution >= 0.6 is 0 Å². The van der Waals surface area contributed by atoms with Crippen molar-refractivity contribution >= 4 is 0 Å². The monoisotopic (exact) mass is 269 g/mol. The van der Waals surface area contributed by atoms with Crippen LogP contribution in [0.2, 0.25) is 0 Å². The molecule has 0 bridgehead atoms. The van der Waals surface area contributed by atoms with Gasteiger partial charge in [0.15, 0.2) is 0 Å². The number of aryl methyl sites for hydroxylation is 1. The van der Waals surface area contributed by atoms with Crippen LogP contribution in [-0.4, -0.2) is 0 Å². The molecular weight excluding hydrogens is 259 g/mol. The van der Waals surface area contributed by atoms with Gasteiger partial charge in [-0.3, -0.25) is 0 Å². The fraction of sp³-hybridized carbons (Fsp3) is 0.143. The molecule has 3 rings (SSSR count). The van der Waals surface area contributed by atoms with Crippen molar-refractivity contribution in [2.75, 3.05) is 0 Å². The Labute approximate surface area is 109 Å². The number of rotatable bonds is 0. The number of hydrogen-bond donors (Lipinski definition) is 0. The van der Waals surface area contributed by atoms with Gasteiger partial charge >= 0.3 is 0 Å². The summed E-state index contributed by atoms with van der Waals surface area (Å²) in [5, 5.41) is 0. The van der Waals surface area contributed by atoms with E-state index in [1.54, 1.807) is 0 Å². The quantitative estimate of drug-likeness (QED) is 0.550. The molecule has 2 aromatic carbocycles. The van der Waals surface area contributed by atoms with Crippen LogP contribution in [0.15, 0.2) is 36.4 Å². The Balaban J connectivity index is 0.000000853. The molecule has 15 heavy (non-hydrogen) atoms. The third kappa shape index (κ3) is 1.63. The molecule has 0 heterocycles. The number of fused-ring (bicyclic) bond motifs is 3. The van der Waals surface area contributed by atoms with E-state index in [0.29, 0.717) is 0 Å². The first-order chi connectivity index (χ1) is 6.86. The van der Waals surface area contributed by atoms with Gasteiger partial charge in [0.05, 0.1) is 0 Å². The summed E-state index contributed by atoms with van der Waals surface area (Å²) in [5.74, 6) is 0. The Morgan fingerprint density at radius 2 is 1.87 bits per heavy atom. The molecule has 0 saturated carbocycles. The van der Waals surface area contributed by atoms with E-state index in [2.05, 4.69) is 43.3 Å². The molecule has 1 aliphatic carbocycles. The maximum atomic E-state index is 3.27. The first kappa shape index (κ1) is 10.8.